The van der Waals surface area contributed by atoms with E-state index >= 15 is 0 Å². The van der Waals surface area contributed by atoms with Gasteiger partial charge in [-0.1, -0.05) is 50.1 Å². The van der Waals surface area contributed by atoms with Crippen LogP contribution in [0.4, 0.5) is 0 Å². The molecular formula is C19H30N2. The van der Waals surface area contributed by atoms with Crippen molar-refractivity contribution in [2.45, 2.75) is 64.1 Å². The van der Waals surface area contributed by atoms with E-state index in [2.05, 4.69) is 54.4 Å². The fourth-order valence-corrected chi connectivity index (χ4v) is 3.75. The van der Waals surface area contributed by atoms with Gasteiger partial charge < -0.3 is 5.32 Å². The molecular weight excluding hydrogens is 256 g/mol. The summed E-state index contributed by atoms with van der Waals surface area (Å²) in [5.74, 6) is 0.947. The first-order valence-corrected chi connectivity index (χ1v) is 8.83. The average molecular weight is 286 g/mol. The number of nitrogens with one attached hydrogen (secondary N) is 1. The first-order chi connectivity index (χ1) is 10.3. The molecule has 0 amide bonds. The van der Waals surface area contributed by atoms with Crippen molar-refractivity contribution in [2.24, 2.45) is 5.92 Å². The van der Waals surface area contributed by atoms with Gasteiger partial charge in [0.1, 0.15) is 0 Å². The highest BCUT2D eigenvalue weighted by atomic mass is 15.3. The van der Waals surface area contributed by atoms with Crippen LogP contribution in [0.2, 0.25) is 0 Å². The van der Waals surface area contributed by atoms with Gasteiger partial charge in [0.2, 0.25) is 0 Å². The maximum Gasteiger partial charge on any atom is 0.0476 e. The topological polar surface area (TPSA) is 15.3 Å². The summed E-state index contributed by atoms with van der Waals surface area (Å²) in [6.07, 6.45) is 6.85. The Balaban J connectivity index is 1.73. The second-order valence-electron chi connectivity index (χ2n) is 6.97. The van der Waals surface area contributed by atoms with Crippen molar-refractivity contribution < 1.29 is 0 Å². The van der Waals surface area contributed by atoms with E-state index in [-0.39, 0.29) is 0 Å². The number of piperazine rings is 1. The number of hydrogen-bond acceptors (Lipinski definition) is 2. The van der Waals surface area contributed by atoms with Crippen LogP contribution in [0.1, 0.15) is 57.6 Å². The third-order valence-electron chi connectivity index (χ3n) is 5.30. The molecule has 2 heteroatoms. The first kappa shape index (κ1) is 15.1. The fourth-order valence-electron chi connectivity index (χ4n) is 3.75. The monoisotopic (exact) mass is 286 g/mol. The maximum absolute atomic E-state index is 3.83. The van der Waals surface area contributed by atoms with Gasteiger partial charge in [0.05, 0.1) is 0 Å². The molecule has 0 bridgehead atoms. The van der Waals surface area contributed by atoms with Crippen LogP contribution in [-0.4, -0.2) is 30.1 Å². The van der Waals surface area contributed by atoms with E-state index in [0.29, 0.717) is 12.1 Å². The molecule has 1 aliphatic heterocycles. The number of nitrogens with zero attached hydrogens (tertiary/aromatic N) is 1. The van der Waals surface area contributed by atoms with E-state index in [4.69, 9.17) is 0 Å². The number of unbranched alkanes of at least 4 members (excludes halogenated alkanes) is 1. The van der Waals surface area contributed by atoms with Gasteiger partial charge in [0.15, 0.2) is 0 Å². The Labute approximate surface area is 129 Å². The van der Waals surface area contributed by atoms with Gasteiger partial charge >= 0.3 is 0 Å². The minimum atomic E-state index is 0.549. The van der Waals surface area contributed by atoms with Gasteiger partial charge in [-0.3, -0.25) is 4.90 Å². The molecule has 2 aliphatic rings. The van der Waals surface area contributed by atoms with E-state index in [1.54, 1.807) is 0 Å². The standard InChI is InChI=1S/C19H30N2/c1-3-4-8-15(2)21-14-18(16-11-12-16)20-13-19(21)17-9-6-5-7-10-17/h5-7,9-10,15-16,18-20H,3-4,8,11-14H2,1-2H3. The Morgan fingerprint density at radius 1 is 1.24 bits per heavy atom. The third kappa shape index (κ3) is 3.67. The molecule has 0 aromatic heterocycles. The zero-order chi connectivity index (χ0) is 14.7. The Morgan fingerprint density at radius 2 is 2.00 bits per heavy atom. The van der Waals surface area contributed by atoms with Crippen LogP contribution in [0, 0.1) is 5.92 Å². The van der Waals surface area contributed by atoms with Gasteiger partial charge in [-0.2, -0.15) is 0 Å². The average Bonchev–Trinajstić information content (AvgIpc) is 3.38. The molecule has 3 rings (SSSR count). The fraction of sp³-hybridized carbons (Fsp3) is 0.684. The van der Waals surface area contributed by atoms with Crippen LogP contribution < -0.4 is 5.32 Å². The van der Waals surface area contributed by atoms with Gasteiger partial charge in [-0.15, -0.1) is 0 Å². The first-order valence-electron chi connectivity index (χ1n) is 8.83. The lowest BCUT2D eigenvalue weighted by atomic mass is 9.96. The summed E-state index contributed by atoms with van der Waals surface area (Å²) in [7, 11) is 0. The van der Waals surface area contributed by atoms with Gasteiger partial charge in [-0.25, -0.2) is 0 Å². The van der Waals surface area contributed by atoms with Gasteiger partial charge in [0.25, 0.3) is 0 Å². The molecule has 1 heterocycles. The highest BCUT2D eigenvalue weighted by Crippen LogP contribution is 2.37. The van der Waals surface area contributed by atoms with Crippen LogP contribution in [0.5, 0.6) is 0 Å². The van der Waals surface area contributed by atoms with E-state index in [0.717, 1.165) is 18.5 Å². The van der Waals surface area contributed by atoms with Crippen LogP contribution in [-0.2, 0) is 0 Å². The maximum atomic E-state index is 3.83. The second kappa shape index (κ2) is 6.93. The lowest BCUT2D eigenvalue weighted by molar-refractivity contribution is 0.0775. The van der Waals surface area contributed by atoms with Gasteiger partial charge in [-0.05, 0) is 37.7 Å². The van der Waals surface area contributed by atoms with E-state index in [9.17, 15) is 0 Å². The Hall–Kier alpha value is -0.860. The second-order valence-corrected chi connectivity index (χ2v) is 6.97. The lowest BCUT2D eigenvalue weighted by Gasteiger charge is -2.44. The predicted molar refractivity (Wildman–Crippen MR) is 89.4 cm³/mol. The SMILES string of the molecule is CCCCC(C)N1CC(C2CC2)NCC1c1ccccc1. The van der Waals surface area contributed by atoms with E-state index in [1.807, 2.05) is 0 Å². The molecule has 1 N–H and O–H groups in total. The van der Waals surface area contributed by atoms with Crippen molar-refractivity contribution in [1.82, 2.24) is 10.2 Å². The number of rotatable bonds is 6. The molecule has 1 saturated carbocycles. The van der Waals surface area contributed by atoms with Gasteiger partial charge in [0, 0.05) is 31.2 Å². The number of benzene rings is 1. The number of hydrogen-bond donors (Lipinski definition) is 1. The molecule has 3 atom stereocenters. The summed E-state index contributed by atoms with van der Waals surface area (Å²) < 4.78 is 0. The quantitative estimate of drug-likeness (QED) is 0.850. The van der Waals surface area contributed by atoms with Crippen molar-refractivity contribution >= 4 is 0 Å². The molecule has 2 nitrogen and oxygen atoms in total. The van der Waals surface area contributed by atoms with Crippen molar-refractivity contribution in [3.8, 4) is 0 Å². The zero-order valence-electron chi connectivity index (χ0n) is 13.6. The van der Waals surface area contributed by atoms with Crippen molar-refractivity contribution in [3.63, 3.8) is 0 Å². The summed E-state index contributed by atoms with van der Waals surface area (Å²) in [6.45, 7) is 7.07. The molecule has 1 saturated heterocycles. The minimum absolute atomic E-state index is 0.549. The molecule has 1 aliphatic carbocycles. The Morgan fingerprint density at radius 3 is 2.67 bits per heavy atom. The van der Waals surface area contributed by atoms with Crippen molar-refractivity contribution in [3.05, 3.63) is 35.9 Å². The molecule has 1 aromatic carbocycles. The molecule has 3 unspecified atom stereocenters. The molecule has 21 heavy (non-hydrogen) atoms. The third-order valence-corrected chi connectivity index (χ3v) is 5.30. The van der Waals surface area contributed by atoms with E-state index < -0.39 is 0 Å². The van der Waals surface area contributed by atoms with Crippen LogP contribution >= 0.6 is 0 Å². The van der Waals surface area contributed by atoms with Crippen LogP contribution in [0.15, 0.2) is 30.3 Å². The zero-order valence-corrected chi connectivity index (χ0v) is 13.6. The molecule has 2 fully saturated rings. The molecule has 116 valence electrons. The highest BCUT2D eigenvalue weighted by molar-refractivity contribution is 5.21. The lowest BCUT2D eigenvalue weighted by Crippen LogP contribution is -2.55. The van der Waals surface area contributed by atoms with Crippen LogP contribution in [0.3, 0.4) is 0 Å². The van der Waals surface area contributed by atoms with Crippen molar-refractivity contribution in [1.29, 1.82) is 0 Å². The summed E-state index contributed by atoms with van der Waals surface area (Å²) in [4.78, 5) is 2.78. The Bertz CT molecular complexity index is 426. The van der Waals surface area contributed by atoms with E-state index in [1.165, 1.54) is 44.2 Å². The molecule has 0 radical (unpaired) electrons. The summed E-state index contributed by atoms with van der Waals surface area (Å²) >= 11 is 0. The predicted octanol–water partition coefficient (Wildman–Crippen LogP) is 3.99. The smallest absolute Gasteiger partial charge is 0.0476 e. The van der Waals surface area contributed by atoms with Crippen molar-refractivity contribution in [2.75, 3.05) is 13.1 Å². The summed E-state index contributed by atoms with van der Waals surface area (Å²) in [5, 5.41) is 3.83. The minimum Gasteiger partial charge on any atom is -0.311 e. The normalized spacial score (nSPS) is 28.5. The highest BCUT2D eigenvalue weighted by Gasteiger charge is 2.38. The molecule has 1 aromatic rings. The van der Waals surface area contributed by atoms with Crippen LogP contribution in [0.25, 0.3) is 0 Å². The summed E-state index contributed by atoms with van der Waals surface area (Å²) in [5.41, 5.74) is 1.47. The largest absolute Gasteiger partial charge is 0.311 e. The summed E-state index contributed by atoms with van der Waals surface area (Å²) in [6, 6.07) is 13.0. The molecule has 0 spiro atoms. The Kier molecular flexibility index (Phi) is 4.97.